The van der Waals surface area contributed by atoms with Crippen molar-refractivity contribution in [2.24, 2.45) is 0 Å². The Kier molecular flexibility index (Phi) is 2.98. The third kappa shape index (κ3) is 2.36. The highest BCUT2D eigenvalue weighted by atomic mass is 16.6. The maximum atomic E-state index is 10.9. The van der Waals surface area contributed by atoms with Crippen LogP contribution in [0.2, 0.25) is 0 Å². The van der Waals surface area contributed by atoms with E-state index in [0.717, 1.165) is 5.56 Å². The lowest BCUT2D eigenvalue weighted by atomic mass is 9.86. The summed E-state index contributed by atoms with van der Waals surface area (Å²) in [7, 11) is 0. The Morgan fingerprint density at radius 1 is 1.38 bits per heavy atom. The van der Waals surface area contributed by atoms with Crippen molar-refractivity contribution in [3.8, 4) is 0 Å². The van der Waals surface area contributed by atoms with Gasteiger partial charge in [-0.3, -0.25) is 10.1 Å². The minimum Gasteiger partial charge on any atom is -0.477 e. The van der Waals surface area contributed by atoms with Gasteiger partial charge in [0.05, 0.1) is 4.92 Å². The maximum Gasteiger partial charge on any atom is 0.342 e. The van der Waals surface area contributed by atoms with Crippen LogP contribution in [0.5, 0.6) is 0 Å². The maximum absolute atomic E-state index is 10.9. The summed E-state index contributed by atoms with van der Waals surface area (Å²) in [6.45, 7) is 5.75. The smallest absolute Gasteiger partial charge is 0.342 e. The molecule has 1 aromatic carbocycles. The van der Waals surface area contributed by atoms with Crippen LogP contribution in [0, 0.1) is 10.1 Å². The zero-order chi connectivity index (χ0) is 12.5. The van der Waals surface area contributed by atoms with Crippen LogP contribution < -0.4 is 0 Å². The summed E-state index contributed by atoms with van der Waals surface area (Å²) in [5.74, 6) is -1.28. The topological polar surface area (TPSA) is 80.4 Å². The van der Waals surface area contributed by atoms with Crippen molar-refractivity contribution in [2.45, 2.75) is 26.2 Å². The van der Waals surface area contributed by atoms with Crippen LogP contribution in [0.3, 0.4) is 0 Å². The second kappa shape index (κ2) is 3.92. The SMILES string of the molecule is CC(C)(C)c1ccc([N+](=O)[O-])c(C(=O)O)c1. The number of carbonyl (C=O) groups is 1. The number of nitro groups is 1. The molecular weight excluding hydrogens is 210 g/mol. The molecule has 1 rings (SSSR count). The molecule has 0 amide bonds. The summed E-state index contributed by atoms with van der Waals surface area (Å²) < 4.78 is 0. The first kappa shape index (κ1) is 12.2. The van der Waals surface area contributed by atoms with E-state index in [0.29, 0.717) is 0 Å². The van der Waals surface area contributed by atoms with Gasteiger partial charge in [-0.1, -0.05) is 26.8 Å². The Bertz CT molecular complexity index is 446. The molecule has 0 fully saturated rings. The van der Waals surface area contributed by atoms with E-state index >= 15 is 0 Å². The summed E-state index contributed by atoms with van der Waals surface area (Å²) in [4.78, 5) is 20.8. The molecule has 1 aromatic rings. The van der Waals surface area contributed by atoms with Gasteiger partial charge in [-0.25, -0.2) is 4.79 Å². The van der Waals surface area contributed by atoms with Gasteiger partial charge in [0.15, 0.2) is 0 Å². The van der Waals surface area contributed by atoms with E-state index in [2.05, 4.69) is 0 Å². The molecule has 0 atom stereocenters. The van der Waals surface area contributed by atoms with Crippen molar-refractivity contribution in [1.29, 1.82) is 0 Å². The van der Waals surface area contributed by atoms with Crippen LogP contribution in [0.25, 0.3) is 0 Å². The summed E-state index contributed by atoms with van der Waals surface area (Å²) in [6.07, 6.45) is 0. The molecule has 0 aromatic heterocycles. The summed E-state index contributed by atoms with van der Waals surface area (Å²) >= 11 is 0. The van der Waals surface area contributed by atoms with Crippen molar-refractivity contribution in [1.82, 2.24) is 0 Å². The lowest BCUT2D eigenvalue weighted by Gasteiger charge is -2.19. The standard InChI is InChI=1S/C11H13NO4/c1-11(2,3)7-4-5-9(12(15)16)8(6-7)10(13)14/h4-6H,1-3H3,(H,13,14). The minimum absolute atomic E-state index is 0.237. The van der Waals surface area contributed by atoms with Crippen LogP contribution in [0.15, 0.2) is 18.2 Å². The molecule has 0 radical (unpaired) electrons. The monoisotopic (exact) mass is 223 g/mol. The van der Waals surface area contributed by atoms with Crippen molar-refractivity contribution < 1.29 is 14.8 Å². The molecule has 0 aliphatic heterocycles. The fraction of sp³-hybridized carbons (Fsp3) is 0.364. The van der Waals surface area contributed by atoms with Gasteiger partial charge in [-0.2, -0.15) is 0 Å². The second-order valence-corrected chi connectivity index (χ2v) is 4.54. The number of nitrogens with zero attached hydrogens (tertiary/aromatic N) is 1. The molecule has 0 aliphatic carbocycles. The number of carboxylic acid groups (broad SMARTS) is 1. The highest BCUT2D eigenvalue weighted by Crippen LogP contribution is 2.27. The minimum atomic E-state index is -1.28. The Balaban J connectivity index is 3.40. The zero-order valence-electron chi connectivity index (χ0n) is 9.35. The number of carboxylic acids is 1. The third-order valence-electron chi connectivity index (χ3n) is 2.29. The molecule has 0 saturated heterocycles. The molecule has 0 spiro atoms. The van der Waals surface area contributed by atoms with Crippen molar-refractivity contribution in [3.05, 3.63) is 39.4 Å². The van der Waals surface area contributed by atoms with Gasteiger partial charge < -0.3 is 5.11 Å². The van der Waals surface area contributed by atoms with Gasteiger partial charge in [-0.15, -0.1) is 0 Å². The first-order chi connectivity index (χ1) is 7.23. The van der Waals surface area contributed by atoms with E-state index in [-0.39, 0.29) is 16.7 Å². The predicted molar refractivity (Wildman–Crippen MR) is 58.8 cm³/mol. The number of hydrogen-bond acceptors (Lipinski definition) is 3. The van der Waals surface area contributed by atoms with E-state index in [9.17, 15) is 14.9 Å². The van der Waals surface area contributed by atoms with Crippen LogP contribution in [-0.4, -0.2) is 16.0 Å². The van der Waals surface area contributed by atoms with Crippen molar-refractivity contribution >= 4 is 11.7 Å². The average Bonchev–Trinajstić information content (AvgIpc) is 2.15. The Labute approximate surface area is 92.9 Å². The number of nitro benzene ring substituents is 1. The van der Waals surface area contributed by atoms with Gasteiger partial charge in [0.25, 0.3) is 5.69 Å². The highest BCUT2D eigenvalue weighted by Gasteiger charge is 2.23. The first-order valence-corrected chi connectivity index (χ1v) is 4.75. The number of rotatable bonds is 2. The number of benzene rings is 1. The van der Waals surface area contributed by atoms with E-state index in [1.165, 1.54) is 12.1 Å². The number of hydrogen-bond donors (Lipinski definition) is 1. The predicted octanol–water partition coefficient (Wildman–Crippen LogP) is 2.59. The summed E-state index contributed by atoms with van der Waals surface area (Å²) in [6, 6.07) is 4.19. The molecule has 0 bridgehead atoms. The fourth-order valence-electron chi connectivity index (χ4n) is 1.33. The summed E-state index contributed by atoms with van der Waals surface area (Å²) in [5.41, 5.74) is -0.118. The van der Waals surface area contributed by atoms with E-state index in [1.807, 2.05) is 20.8 Å². The van der Waals surface area contributed by atoms with Crippen LogP contribution >= 0.6 is 0 Å². The lowest BCUT2D eigenvalue weighted by Crippen LogP contribution is -2.13. The molecule has 5 nitrogen and oxygen atoms in total. The van der Waals surface area contributed by atoms with Crippen LogP contribution in [0.1, 0.15) is 36.7 Å². The Morgan fingerprint density at radius 3 is 2.31 bits per heavy atom. The Morgan fingerprint density at radius 2 is 1.94 bits per heavy atom. The van der Waals surface area contributed by atoms with E-state index < -0.39 is 10.9 Å². The van der Waals surface area contributed by atoms with Gasteiger partial charge in [-0.05, 0) is 17.0 Å². The fourth-order valence-corrected chi connectivity index (χ4v) is 1.33. The quantitative estimate of drug-likeness (QED) is 0.617. The number of aromatic carboxylic acids is 1. The zero-order valence-corrected chi connectivity index (χ0v) is 9.35. The van der Waals surface area contributed by atoms with Gasteiger partial charge >= 0.3 is 5.97 Å². The van der Waals surface area contributed by atoms with Gasteiger partial charge in [0.1, 0.15) is 5.56 Å². The Hall–Kier alpha value is -1.91. The molecule has 0 saturated carbocycles. The van der Waals surface area contributed by atoms with Crippen LogP contribution in [0.4, 0.5) is 5.69 Å². The highest BCUT2D eigenvalue weighted by molar-refractivity contribution is 5.92. The molecular formula is C11H13NO4. The first-order valence-electron chi connectivity index (χ1n) is 4.75. The molecule has 16 heavy (non-hydrogen) atoms. The molecule has 0 aliphatic rings. The third-order valence-corrected chi connectivity index (χ3v) is 2.29. The van der Waals surface area contributed by atoms with Crippen molar-refractivity contribution in [3.63, 3.8) is 0 Å². The van der Waals surface area contributed by atoms with E-state index in [4.69, 9.17) is 5.11 Å². The molecule has 86 valence electrons. The molecule has 1 N–H and O–H groups in total. The van der Waals surface area contributed by atoms with Gasteiger partial charge in [0, 0.05) is 6.07 Å². The van der Waals surface area contributed by atoms with Crippen molar-refractivity contribution in [2.75, 3.05) is 0 Å². The average molecular weight is 223 g/mol. The van der Waals surface area contributed by atoms with Gasteiger partial charge in [0.2, 0.25) is 0 Å². The molecule has 0 unspecified atom stereocenters. The lowest BCUT2D eigenvalue weighted by molar-refractivity contribution is -0.385. The largest absolute Gasteiger partial charge is 0.477 e. The summed E-state index contributed by atoms with van der Waals surface area (Å²) in [5, 5.41) is 19.5. The normalized spacial score (nSPS) is 11.2. The van der Waals surface area contributed by atoms with Crippen LogP contribution in [-0.2, 0) is 5.41 Å². The molecule has 0 heterocycles. The molecule has 5 heteroatoms. The second-order valence-electron chi connectivity index (χ2n) is 4.54. The van der Waals surface area contributed by atoms with E-state index in [1.54, 1.807) is 6.07 Å².